The van der Waals surface area contributed by atoms with Gasteiger partial charge in [-0.1, -0.05) is 19.9 Å². The summed E-state index contributed by atoms with van der Waals surface area (Å²) in [5.41, 5.74) is 4.23. The van der Waals surface area contributed by atoms with Crippen LogP contribution in [0.25, 0.3) is 0 Å². The summed E-state index contributed by atoms with van der Waals surface area (Å²) in [4.78, 5) is 0. The smallest absolute Gasteiger partial charge is 0.387 e. The van der Waals surface area contributed by atoms with Crippen LogP contribution in [0.4, 0.5) is 17.6 Å². The van der Waals surface area contributed by atoms with Crippen LogP contribution in [0, 0.1) is 11.7 Å². The van der Waals surface area contributed by atoms with Crippen molar-refractivity contribution >= 4 is 0 Å². The molecule has 2 atom stereocenters. The first kappa shape index (κ1) is 14.9. The standard InChI is InChI=1S/C12H15F4NO/c1-6(2)10(17)11(18)7-3-4-9(13)8(5-7)12(14,15)16/h3-6,10-11,18H,17H2,1-2H3. The first-order chi connectivity index (χ1) is 8.14. The Kier molecular flexibility index (Phi) is 4.34. The van der Waals surface area contributed by atoms with Crippen LogP contribution in [0.5, 0.6) is 0 Å². The molecule has 6 heteroatoms. The van der Waals surface area contributed by atoms with Crippen LogP contribution >= 0.6 is 0 Å². The predicted octanol–water partition coefficient (Wildman–Crippen LogP) is 2.86. The molecule has 0 amide bonds. The molecule has 2 nitrogen and oxygen atoms in total. The Bertz CT molecular complexity index is 417. The van der Waals surface area contributed by atoms with Crippen molar-refractivity contribution in [3.63, 3.8) is 0 Å². The Morgan fingerprint density at radius 2 is 1.78 bits per heavy atom. The fraction of sp³-hybridized carbons (Fsp3) is 0.500. The Hall–Kier alpha value is -1.14. The van der Waals surface area contributed by atoms with Crippen LogP contribution in [-0.4, -0.2) is 11.1 Å². The molecule has 0 bridgehead atoms. The molecule has 0 heterocycles. The lowest BCUT2D eigenvalue weighted by Crippen LogP contribution is -2.33. The minimum absolute atomic E-state index is 0.0371. The first-order valence-electron chi connectivity index (χ1n) is 5.45. The minimum atomic E-state index is -4.79. The van der Waals surface area contributed by atoms with Gasteiger partial charge in [-0.25, -0.2) is 4.39 Å². The van der Waals surface area contributed by atoms with E-state index in [0.717, 1.165) is 6.07 Å². The lowest BCUT2D eigenvalue weighted by Gasteiger charge is -2.23. The van der Waals surface area contributed by atoms with Gasteiger partial charge in [-0.15, -0.1) is 0 Å². The van der Waals surface area contributed by atoms with E-state index in [2.05, 4.69) is 0 Å². The quantitative estimate of drug-likeness (QED) is 0.825. The van der Waals surface area contributed by atoms with Gasteiger partial charge < -0.3 is 10.8 Å². The van der Waals surface area contributed by atoms with Crippen molar-refractivity contribution in [1.29, 1.82) is 0 Å². The van der Waals surface area contributed by atoms with Crippen LogP contribution in [-0.2, 0) is 6.18 Å². The molecule has 0 saturated heterocycles. The van der Waals surface area contributed by atoms with Gasteiger partial charge in [0.1, 0.15) is 5.82 Å². The van der Waals surface area contributed by atoms with E-state index < -0.39 is 29.7 Å². The summed E-state index contributed by atoms with van der Waals surface area (Å²) < 4.78 is 50.6. The van der Waals surface area contributed by atoms with E-state index in [1.54, 1.807) is 13.8 Å². The van der Waals surface area contributed by atoms with Gasteiger partial charge in [-0.05, 0) is 23.6 Å². The molecule has 0 fully saturated rings. The van der Waals surface area contributed by atoms with E-state index in [0.29, 0.717) is 12.1 Å². The van der Waals surface area contributed by atoms with Crippen LogP contribution in [0.15, 0.2) is 18.2 Å². The van der Waals surface area contributed by atoms with Gasteiger partial charge in [0.15, 0.2) is 0 Å². The average Bonchev–Trinajstić information content (AvgIpc) is 2.26. The van der Waals surface area contributed by atoms with E-state index in [4.69, 9.17) is 5.73 Å². The molecular formula is C12H15F4NO. The molecule has 102 valence electrons. The highest BCUT2D eigenvalue weighted by atomic mass is 19.4. The zero-order chi connectivity index (χ0) is 14.1. The summed E-state index contributed by atoms with van der Waals surface area (Å²) in [6.45, 7) is 3.48. The van der Waals surface area contributed by atoms with Gasteiger partial charge in [0.25, 0.3) is 0 Å². The maximum atomic E-state index is 13.1. The van der Waals surface area contributed by atoms with Gasteiger partial charge in [-0.2, -0.15) is 13.2 Å². The van der Waals surface area contributed by atoms with E-state index in [1.807, 2.05) is 0 Å². The zero-order valence-corrected chi connectivity index (χ0v) is 10.0. The predicted molar refractivity (Wildman–Crippen MR) is 59.2 cm³/mol. The van der Waals surface area contributed by atoms with Crippen molar-refractivity contribution in [3.8, 4) is 0 Å². The summed E-state index contributed by atoms with van der Waals surface area (Å²) in [6, 6.07) is 1.69. The van der Waals surface area contributed by atoms with E-state index >= 15 is 0 Å². The lowest BCUT2D eigenvalue weighted by atomic mass is 9.93. The van der Waals surface area contributed by atoms with Crippen LogP contribution in [0.3, 0.4) is 0 Å². The first-order valence-corrected chi connectivity index (χ1v) is 5.45. The number of hydrogen-bond acceptors (Lipinski definition) is 2. The molecule has 18 heavy (non-hydrogen) atoms. The highest BCUT2D eigenvalue weighted by molar-refractivity contribution is 5.29. The molecule has 1 rings (SSSR count). The zero-order valence-electron chi connectivity index (χ0n) is 10.0. The second kappa shape index (κ2) is 5.24. The highest BCUT2D eigenvalue weighted by Gasteiger charge is 2.35. The topological polar surface area (TPSA) is 46.2 Å². The molecular weight excluding hydrogens is 250 g/mol. The molecule has 0 aliphatic carbocycles. The Balaban J connectivity index is 3.13. The third kappa shape index (κ3) is 3.20. The molecule has 1 aromatic carbocycles. The molecule has 0 saturated carbocycles. The van der Waals surface area contributed by atoms with Crippen molar-refractivity contribution < 1.29 is 22.7 Å². The number of benzene rings is 1. The Labute approximate surface area is 102 Å². The molecule has 2 unspecified atom stereocenters. The lowest BCUT2D eigenvalue weighted by molar-refractivity contribution is -0.140. The summed E-state index contributed by atoms with van der Waals surface area (Å²) in [5.74, 6) is -1.48. The van der Waals surface area contributed by atoms with Gasteiger partial charge in [0.2, 0.25) is 0 Å². The third-order valence-corrected chi connectivity index (χ3v) is 2.77. The number of halogens is 4. The Morgan fingerprint density at radius 3 is 2.22 bits per heavy atom. The van der Waals surface area contributed by atoms with E-state index in [1.165, 1.54) is 0 Å². The van der Waals surface area contributed by atoms with Gasteiger partial charge in [0, 0.05) is 6.04 Å². The highest BCUT2D eigenvalue weighted by Crippen LogP contribution is 2.33. The molecule has 0 spiro atoms. The molecule has 0 aliphatic rings. The largest absolute Gasteiger partial charge is 0.419 e. The monoisotopic (exact) mass is 265 g/mol. The summed E-state index contributed by atoms with van der Waals surface area (Å²) >= 11 is 0. The Morgan fingerprint density at radius 1 is 1.22 bits per heavy atom. The van der Waals surface area contributed by atoms with Crippen molar-refractivity contribution in [3.05, 3.63) is 35.1 Å². The third-order valence-electron chi connectivity index (χ3n) is 2.77. The SMILES string of the molecule is CC(C)C(N)C(O)c1ccc(F)c(C(F)(F)F)c1. The van der Waals surface area contributed by atoms with Crippen molar-refractivity contribution in [2.45, 2.75) is 32.2 Å². The van der Waals surface area contributed by atoms with Crippen molar-refractivity contribution in [1.82, 2.24) is 0 Å². The van der Waals surface area contributed by atoms with Crippen LogP contribution in [0.1, 0.15) is 31.1 Å². The second-order valence-corrected chi connectivity index (χ2v) is 4.50. The normalized spacial score (nSPS) is 15.8. The number of aliphatic hydroxyl groups is 1. The van der Waals surface area contributed by atoms with Crippen LogP contribution in [0.2, 0.25) is 0 Å². The molecule has 0 aromatic heterocycles. The number of hydrogen-bond donors (Lipinski definition) is 2. The molecule has 0 radical (unpaired) electrons. The van der Waals surface area contributed by atoms with E-state index in [-0.39, 0.29) is 11.5 Å². The summed E-state index contributed by atoms with van der Waals surface area (Å²) in [6.07, 6.45) is -6.05. The maximum absolute atomic E-state index is 13.1. The number of alkyl halides is 3. The van der Waals surface area contributed by atoms with Crippen LogP contribution < -0.4 is 5.73 Å². The number of rotatable bonds is 3. The number of nitrogens with two attached hydrogens (primary N) is 1. The van der Waals surface area contributed by atoms with Gasteiger partial charge >= 0.3 is 6.18 Å². The fourth-order valence-electron chi connectivity index (χ4n) is 1.53. The van der Waals surface area contributed by atoms with Crippen molar-refractivity contribution in [2.75, 3.05) is 0 Å². The summed E-state index contributed by atoms with van der Waals surface area (Å²) in [7, 11) is 0. The van der Waals surface area contributed by atoms with Gasteiger partial charge in [-0.3, -0.25) is 0 Å². The molecule has 1 aromatic rings. The summed E-state index contributed by atoms with van der Waals surface area (Å²) in [5, 5.41) is 9.83. The number of aliphatic hydroxyl groups excluding tert-OH is 1. The second-order valence-electron chi connectivity index (χ2n) is 4.50. The van der Waals surface area contributed by atoms with Crippen molar-refractivity contribution in [2.24, 2.45) is 11.7 Å². The van der Waals surface area contributed by atoms with Gasteiger partial charge in [0.05, 0.1) is 11.7 Å². The molecule has 0 aliphatic heterocycles. The maximum Gasteiger partial charge on any atom is 0.419 e. The minimum Gasteiger partial charge on any atom is -0.387 e. The molecule has 3 N–H and O–H groups in total. The fourth-order valence-corrected chi connectivity index (χ4v) is 1.53. The van der Waals surface area contributed by atoms with E-state index in [9.17, 15) is 22.7 Å². The average molecular weight is 265 g/mol.